The van der Waals surface area contributed by atoms with Crippen LogP contribution < -0.4 is 0 Å². The van der Waals surface area contributed by atoms with Crippen LogP contribution in [0.5, 0.6) is 0 Å². The number of Topliss-reactive ketones (excluding diaryl/α,β-unsaturated/α-hetero) is 5. The van der Waals surface area contributed by atoms with Crippen LogP contribution in [-0.2, 0) is 33.5 Å². The summed E-state index contributed by atoms with van der Waals surface area (Å²) >= 11 is 0. The van der Waals surface area contributed by atoms with Crippen LogP contribution in [0.1, 0.15) is 366 Å². The van der Waals surface area contributed by atoms with E-state index in [0.717, 1.165) is 135 Å². The zero-order valence-corrected chi connectivity index (χ0v) is 63.6. The maximum atomic E-state index is 10.8. The molecule has 0 N–H and O–H groups in total. The Morgan fingerprint density at radius 3 is 1.09 bits per heavy atom. The van der Waals surface area contributed by atoms with Gasteiger partial charge in [0.05, 0.1) is 0 Å². The Morgan fingerprint density at radius 1 is 0.362 bits per heavy atom. The number of allylic oxidation sites excluding steroid dienone is 21. The van der Waals surface area contributed by atoms with Crippen LogP contribution in [-0.4, -0.2) is 47.9 Å². The Bertz CT molecular complexity index is 2050. The number of carbonyl (C=O) groups excluding carboxylic acids is 6. The molecule has 0 spiro atoms. The highest BCUT2D eigenvalue weighted by molar-refractivity contribution is 5.88. The summed E-state index contributed by atoms with van der Waals surface area (Å²) in [5.41, 5.74) is 1.76. The molecule has 0 radical (unpaired) electrons. The quantitative estimate of drug-likeness (QED) is 0.0258. The van der Waals surface area contributed by atoms with Gasteiger partial charge in [0.1, 0.15) is 28.9 Å². The third kappa shape index (κ3) is 106. The zero-order valence-electron chi connectivity index (χ0n) is 63.6. The Balaban J connectivity index is -0.000000338. The second-order valence-corrected chi connectivity index (χ2v) is 26.3. The van der Waals surface area contributed by atoms with Crippen LogP contribution in [0.15, 0.2) is 134 Å². The zero-order chi connectivity index (χ0) is 70.9. The summed E-state index contributed by atoms with van der Waals surface area (Å²) in [6, 6.07) is 0. The Morgan fingerprint density at radius 2 is 0.681 bits per heavy atom. The van der Waals surface area contributed by atoms with Crippen molar-refractivity contribution in [2.45, 2.75) is 366 Å². The second-order valence-electron chi connectivity index (χ2n) is 26.3. The minimum Gasteiger partial charge on any atom is -0.381 e. The second kappa shape index (κ2) is 84.2. The molecule has 1 rings (SSSR count). The van der Waals surface area contributed by atoms with Crippen molar-refractivity contribution >= 4 is 34.7 Å². The molecule has 94 heavy (non-hydrogen) atoms. The van der Waals surface area contributed by atoms with Gasteiger partial charge >= 0.3 is 0 Å². The van der Waals surface area contributed by atoms with E-state index >= 15 is 0 Å². The van der Waals surface area contributed by atoms with Crippen LogP contribution >= 0.6 is 0 Å². The van der Waals surface area contributed by atoms with E-state index in [1.54, 1.807) is 47.6 Å². The van der Waals surface area contributed by atoms with Gasteiger partial charge in [0, 0.05) is 45.3 Å². The van der Waals surface area contributed by atoms with Gasteiger partial charge in [-0.2, -0.15) is 0 Å². The number of unbranched alkanes of at least 4 members (excludes halogenated alkanes) is 24. The normalized spacial score (nSPS) is 13.3. The molecule has 0 aromatic carbocycles. The molecule has 0 amide bonds. The molecule has 540 valence electrons. The third-order valence-electron chi connectivity index (χ3n) is 15.2. The van der Waals surface area contributed by atoms with E-state index in [-0.39, 0.29) is 11.6 Å². The molecular formula is C87H150O7. The van der Waals surface area contributed by atoms with Gasteiger partial charge in [-0.05, 0) is 214 Å². The summed E-state index contributed by atoms with van der Waals surface area (Å²) in [7, 11) is 0. The molecule has 1 saturated carbocycles. The average Bonchev–Trinajstić information content (AvgIpc) is 2.08. The first-order valence-corrected chi connectivity index (χ1v) is 38.1. The number of hydrogen-bond donors (Lipinski definition) is 0. The van der Waals surface area contributed by atoms with E-state index in [2.05, 4.69) is 145 Å². The van der Waals surface area contributed by atoms with Crippen LogP contribution in [0.4, 0.5) is 0 Å². The highest BCUT2D eigenvalue weighted by Crippen LogP contribution is 2.38. The number of ketones is 6. The lowest BCUT2D eigenvalue weighted by molar-refractivity contribution is -0.118. The molecule has 0 aromatic rings. The third-order valence-corrected chi connectivity index (χ3v) is 15.2. The Kier molecular flexibility index (Phi) is 87.6. The van der Waals surface area contributed by atoms with Gasteiger partial charge in [0.15, 0.2) is 5.78 Å². The summed E-state index contributed by atoms with van der Waals surface area (Å²) in [6.45, 7) is 28.5. The SMILES string of the molecule is C=C/C=C/C=C\CCCCCCCC(C)=O.CC(=O)C=C1CCCC(C)(C)C1.CC/C=C/C=C\CC/C=C\CCCCCC(C)=O.CC/C=C/C=C\CCCCCCCC(C)=O.CCCC/C=C\CC/C=C\CCCCCC(C)=O.CCCCCCCOCCCC(C)=O. The van der Waals surface area contributed by atoms with Crippen LogP contribution in [0.3, 0.4) is 0 Å². The van der Waals surface area contributed by atoms with Crippen molar-refractivity contribution in [1.29, 1.82) is 0 Å². The molecule has 7 heteroatoms. The van der Waals surface area contributed by atoms with Gasteiger partial charge in [-0.15, -0.1) is 0 Å². The first kappa shape index (κ1) is 97.8. The summed E-state index contributed by atoms with van der Waals surface area (Å²) in [4.78, 5) is 64.3. The van der Waals surface area contributed by atoms with E-state index < -0.39 is 0 Å². The van der Waals surface area contributed by atoms with Crippen molar-refractivity contribution < 1.29 is 33.5 Å². The molecule has 0 saturated heterocycles. The minimum absolute atomic E-state index is 0.197. The van der Waals surface area contributed by atoms with Crippen molar-refractivity contribution in [1.82, 2.24) is 0 Å². The fourth-order valence-corrected chi connectivity index (χ4v) is 9.80. The molecule has 0 atom stereocenters. The largest absolute Gasteiger partial charge is 0.381 e. The molecule has 1 fully saturated rings. The Labute approximate surface area is 583 Å². The monoisotopic (exact) mass is 1310 g/mol. The van der Waals surface area contributed by atoms with Crippen molar-refractivity contribution in [2.75, 3.05) is 13.2 Å². The number of ether oxygens (including phenoxy) is 1. The number of carbonyl (C=O) groups is 6. The molecule has 0 aliphatic heterocycles. The molecule has 0 bridgehead atoms. The smallest absolute Gasteiger partial charge is 0.152 e. The van der Waals surface area contributed by atoms with Crippen molar-refractivity contribution in [3.8, 4) is 0 Å². The van der Waals surface area contributed by atoms with Crippen molar-refractivity contribution in [2.24, 2.45) is 5.41 Å². The van der Waals surface area contributed by atoms with Gasteiger partial charge in [-0.1, -0.05) is 259 Å². The highest BCUT2D eigenvalue weighted by atomic mass is 16.5. The maximum Gasteiger partial charge on any atom is 0.152 e. The van der Waals surface area contributed by atoms with Crippen LogP contribution in [0.2, 0.25) is 0 Å². The molecule has 0 heterocycles. The van der Waals surface area contributed by atoms with E-state index in [9.17, 15) is 28.8 Å². The van der Waals surface area contributed by atoms with E-state index in [4.69, 9.17) is 4.74 Å². The lowest BCUT2D eigenvalue weighted by Gasteiger charge is -2.31. The first-order chi connectivity index (χ1) is 45.3. The van der Waals surface area contributed by atoms with Gasteiger partial charge in [0.25, 0.3) is 0 Å². The molecular weight excluding hydrogens is 1160 g/mol. The average molecular weight is 1310 g/mol. The Hall–Kier alpha value is -4.88. The van der Waals surface area contributed by atoms with Crippen molar-refractivity contribution in [3.63, 3.8) is 0 Å². The standard InChI is InChI=1S/C17H30O.C17H28O.C15H26O.C15H24O.C12H24O2.C11H18O/c2*1-3-4-5-6-7-8-9-10-11-12-13-14-15-16-17(2)18;2*1-3-4-5-6-7-8-9-10-11-12-13-14-15(2)16;1-3-4-5-6-7-10-14-11-8-9-12(2)13;1-9(12)7-10-5-4-6-11(2,3)8-10/h6-7,10-11H,3-5,8-9,12-16H2,1-2H3;4-7,10-11H,3,8-9,12-16H2,1-2H3;4-7H,3,8-14H2,1-2H3;3-7H,1,8-14H2,2H3;3-11H2,1-2H3;7H,4-6,8H2,1-3H3/b7-6-,11-10-;5-4+,7-6-,11-10-;2*5-4+,7-6-;;. The summed E-state index contributed by atoms with van der Waals surface area (Å²) in [5.74, 6) is 1.73. The summed E-state index contributed by atoms with van der Waals surface area (Å²) in [6.07, 6.45) is 92.8. The van der Waals surface area contributed by atoms with E-state index in [1.807, 2.05) is 18.2 Å². The summed E-state index contributed by atoms with van der Waals surface area (Å²) < 4.78 is 5.41. The van der Waals surface area contributed by atoms with E-state index in [0.29, 0.717) is 35.0 Å². The lowest BCUT2D eigenvalue weighted by atomic mass is 9.75. The first-order valence-electron chi connectivity index (χ1n) is 38.1. The lowest BCUT2D eigenvalue weighted by Crippen LogP contribution is -2.17. The summed E-state index contributed by atoms with van der Waals surface area (Å²) in [5, 5.41) is 0. The molecule has 1 aliphatic rings. The van der Waals surface area contributed by atoms with Crippen molar-refractivity contribution in [3.05, 3.63) is 134 Å². The van der Waals surface area contributed by atoms with E-state index in [1.165, 1.54) is 160 Å². The van der Waals surface area contributed by atoms with Crippen LogP contribution in [0, 0.1) is 5.41 Å². The van der Waals surface area contributed by atoms with Gasteiger partial charge in [-0.25, -0.2) is 0 Å². The predicted molar refractivity (Wildman–Crippen MR) is 415 cm³/mol. The minimum atomic E-state index is 0.197. The molecule has 0 aromatic heterocycles. The fourth-order valence-electron chi connectivity index (χ4n) is 9.80. The van der Waals surface area contributed by atoms with Gasteiger partial charge in [0.2, 0.25) is 0 Å². The topological polar surface area (TPSA) is 112 Å². The predicted octanol–water partition coefficient (Wildman–Crippen LogP) is 26.9. The molecule has 7 nitrogen and oxygen atoms in total. The maximum absolute atomic E-state index is 10.8. The van der Waals surface area contributed by atoms with Crippen LogP contribution in [0.25, 0.3) is 0 Å². The van der Waals surface area contributed by atoms with Gasteiger partial charge in [-0.3, -0.25) is 4.79 Å². The molecule has 0 unspecified atom stereocenters. The number of hydrogen-bond acceptors (Lipinski definition) is 7. The van der Waals surface area contributed by atoms with Gasteiger partial charge < -0.3 is 28.7 Å². The fraction of sp³-hybridized carbons (Fsp3) is 0.678. The molecule has 1 aliphatic carbocycles. The number of rotatable bonds is 54. The highest BCUT2D eigenvalue weighted by Gasteiger charge is 2.23.